The average molecular weight is 620 g/mol. The summed E-state index contributed by atoms with van der Waals surface area (Å²) in [5, 5.41) is 24.3. The minimum Gasteiger partial charge on any atom is -0.493 e. The van der Waals surface area contributed by atoms with Crippen molar-refractivity contribution in [1.29, 1.82) is 10.5 Å². The number of thiol groups is 1. The summed E-state index contributed by atoms with van der Waals surface area (Å²) in [7, 11) is 0. The van der Waals surface area contributed by atoms with E-state index in [9.17, 15) is 10.5 Å². The van der Waals surface area contributed by atoms with E-state index >= 15 is 0 Å². The molecule has 44 heavy (non-hydrogen) atoms. The van der Waals surface area contributed by atoms with Gasteiger partial charge in [0, 0.05) is 21.4 Å². The molecule has 224 valence electrons. The third kappa shape index (κ3) is 6.06. The van der Waals surface area contributed by atoms with Gasteiger partial charge in [-0.05, 0) is 60.2 Å². The van der Waals surface area contributed by atoms with Crippen molar-refractivity contribution < 1.29 is 4.74 Å². The maximum absolute atomic E-state index is 10.5. The van der Waals surface area contributed by atoms with Crippen LogP contribution in [0.1, 0.15) is 70.0 Å². The van der Waals surface area contributed by atoms with Gasteiger partial charge in [0.05, 0.1) is 38.8 Å². The van der Waals surface area contributed by atoms with Crippen molar-refractivity contribution >= 4 is 56.1 Å². The van der Waals surface area contributed by atoms with Crippen LogP contribution in [0.15, 0.2) is 60.0 Å². The summed E-state index contributed by atoms with van der Waals surface area (Å²) in [6.45, 7) is 13.3. The van der Waals surface area contributed by atoms with Crippen LogP contribution in [0.4, 0.5) is 0 Å². The van der Waals surface area contributed by atoms with Crippen molar-refractivity contribution in [1.82, 2.24) is 15.0 Å². The van der Waals surface area contributed by atoms with Gasteiger partial charge in [0.1, 0.15) is 28.5 Å². The smallest absolute Gasteiger partial charge is 0.137 e. The zero-order valence-electron chi connectivity index (χ0n) is 25.6. The van der Waals surface area contributed by atoms with Gasteiger partial charge in [0.2, 0.25) is 0 Å². The number of thiazole rings is 1. The fourth-order valence-corrected chi connectivity index (χ4v) is 6.72. The van der Waals surface area contributed by atoms with Crippen LogP contribution >= 0.6 is 24.0 Å². The third-order valence-electron chi connectivity index (χ3n) is 8.05. The highest BCUT2D eigenvalue weighted by Gasteiger charge is 2.23. The highest BCUT2D eigenvalue weighted by Crippen LogP contribution is 2.32. The molecule has 3 aromatic heterocycles. The molecule has 6 nitrogen and oxygen atoms in total. The van der Waals surface area contributed by atoms with Gasteiger partial charge in [0.25, 0.3) is 0 Å². The van der Waals surface area contributed by atoms with E-state index < -0.39 is 0 Å². The molecule has 3 heterocycles. The van der Waals surface area contributed by atoms with Gasteiger partial charge in [0.15, 0.2) is 0 Å². The molecule has 0 fully saturated rings. The largest absolute Gasteiger partial charge is 0.493 e. The Morgan fingerprint density at radius 1 is 1.02 bits per heavy atom. The summed E-state index contributed by atoms with van der Waals surface area (Å²) in [4.78, 5) is 12.3. The molecule has 5 rings (SSSR count). The van der Waals surface area contributed by atoms with Crippen LogP contribution in [-0.2, 0) is 0 Å². The van der Waals surface area contributed by atoms with Crippen LogP contribution in [-0.4, -0.2) is 21.6 Å². The first kappa shape index (κ1) is 31.2. The Bertz CT molecular complexity index is 2000. The molecule has 0 aliphatic rings. The quantitative estimate of drug-likeness (QED) is 0.129. The van der Waals surface area contributed by atoms with Crippen LogP contribution < -0.4 is 15.4 Å². The zero-order valence-corrected chi connectivity index (χ0v) is 27.3. The highest BCUT2D eigenvalue weighted by molar-refractivity contribution is 7.85. The maximum Gasteiger partial charge on any atom is 0.137 e. The molecule has 0 aliphatic carbocycles. The van der Waals surface area contributed by atoms with Crippen LogP contribution in [0, 0.1) is 28.6 Å². The third-order valence-corrected chi connectivity index (χ3v) is 9.33. The molecule has 0 saturated heterocycles. The molecule has 0 saturated carbocycles. The normalized spacial score (nSPS) is 13.5. The number of rotatable bonds is 11. The first-order chi connectivity index (χ1) is 21.3. The standard InChI is InChI=1S/C36H37N5OS2/c1-6-8-11-23(7-2)20-42-25-16-14-24(15-17-25)33-31-30(34(41-33)26(18-37)22(5)43)32(21(3)4)40-35(31)27(19-38)36-39-28-12-9-10-13-29(28)44-36/h9-10,12-17,21,23,40-41,43H,5-8,11,20H2,1-4H3/b34-26-,35-27-. The van der Waals surface area contributed by atoms with E-state index in [1.54, 1.807) is 0 Å². The monoisotopic (exact) mass is 619 g/mol. The topological polar surface area (TPSA) is 101 Å². The van der Waals surface area contributed by atoms with Gasteiger partial charge in [-0.3, -0.25) is 0 Å². The Labute approximate surface area is 267 Å². The highest BCUT2D eigenvalue weighted by atomic mass is 32.1. The van der Waals surface area contributed by atoms with Crippen molar-refractivity contribution in [2.45, 2.75) is 59.3 Å². The molecule has 2 N–H and O–H groups in total. The number of aromatic nitrogens is 3. The molecule has 8 heteroatoms. The Balaban J connectivity index is 1.75. The first-order valence-corrected chi connectivity index (χ1v) is 16.4. The summed E-state index contributed by atoms with van der Waals surface area (Å²) >= 11 is 5.95. The second kappa shape index (κ2) is 13.6. The number of nitrogens with one attached hydrogen (secondary N) is 2. The molecule has 0 bridgehead atoms. The lowest BCUT2D eigenvalue weighted by Crippen LogP contribution is -2.12. The van der Waals surface area contributed by atoms with Crippen LogP contribution in [0.3, 0.4) is 0 Å². The van der Waals surface area contributed by atoms with Gasteiger partial charge < -0.3 is 14.7 Å². The predicted molar refractivity (Wildman–Crippen MR) is 185 cm³/mol. The molecule has 2 aromatic carbocycles. The number of para-hydroxylation sites is 1. The molecule has 0 spiro atoms. The lowest BCUT2D eigenvalue weighted by molar-refractivity contribution is 0.233. The number of H-pyrrole nitrogens is 2. The molecule has 1 atom stereocenters. The average Bonchev–Trinajstić information content (AvgIpc) is 3.72. The minimum atomic E-state index is 0.0760. The van der Waals surface area contributed by atoms with E-state index in [2.05, 4.69) is 69.0 Å². The molecule has 0 aliphatic heterocycles. The number of unbranched alkanes of at least 4 members (excludes halogenated alkanes) is 1. The number of hydrogen-bond donors (Lipinski definition) is 3. The number of nitrogens with zero attached hydrogens (tertiary/aromatic N) is 3. The van der Waals surface area contributed by atoms with Gasteiger partial charge in [-0.1, -0.05) is 65.7 Å². The van der Waals surface area contributed by atoms with E-state index in [1.807, 2.05) is 48.5 Å². The zero-order chi connectivity index (χ0) is 31.4. The van der Waals surface area contributed by atoms with Crippen molar-refractivity contribution in [3.8, 4) is 29.1 Å². The minimum absolute atomic E-state index is 0.0760. The van der Waals surface area contributed by atoms with Crippen molar-refractivity contribution in [3.63, 3.8) is 0 Å². The van der Waals surface area contributed by atoms with Crippen molar-refractivity contribution in [2.75, 3.05) is 6.61 Å². The number of allylic oxidation sites excluding steroid dienone is 1. The SMILES string of the molecule is C=C(S)/C(C#N)=c1\[nH]c(-c2ccc(OCC(CC)CCCC)cc2)c2/c(=C(\C#N)c3nc4ccccc4s3)[nH]c(C(C)C)c12. The fourth-order valence-electron chi connectivity index (χ4n) is 5.59. The summed E-state index contributed by atoms with van der Waals surface area (Å²) in [6, 6.07) is 20.6. The summed E-state index contributed by atoms with van der Waals surface area (Å²) in [6.07, 6.45) is 4.66. The Hall–Kier alpha value is -4.24. The van der Waals surface area contributed by atoms with Crippen LogP contribution in [0.25, 0.3) is 43.4 Å². The number of fused-ring (bicyclic) bond motifs is 2. The predicted octanol–water partition coefficient (Wildman–Crippen LogP) is 8.33. The molecular formula is C36H37N5OS2. The van der Waals surface area contributed by atoms with Gasteiger partial charge >= 0.3 is 0 Å². The number of nitriles is 2. The van der Waals surface area contributed by atoms with Gasteiger partial charge in [-0.15, -0.1) is 24.0 Å². The van der Waals surface area contributed by atoms with Gasteiger partial charge in [-0.25, -0.2) is 4.98 Å². The molecular weight excluding hydrogens is 583 g/mol. The number of benzene rings is 2. The van der Waals surface area contributed by atoms with Crippen LogP contribution in [0.2, 0.25) is 0 Å². The van der Waals surface area contributed by atoms with E-state index in [0.29, 0.717) is 44.3 Å². The summed E-state index contributed by atoms with van der Waals surface area (Å²) < 4.78 is 7.20. The fraction of sp³-hybridized carbons (Fsp3) is 0.306. The van der Waals surface area contributed by atoms with E-state index in [4.69, 9.17) is 9.72 Å². The Kier molecular flexibility index (Phi) is 9.64. The molecule has 5 aromatic rings. The maximum atomic E-state index is 10.5. The van der Waals surface area contributed by atoms with E-state index in [1.165, 1.54) is 30.6 Å². The molecule has 0 amide bonds. The Morgan fingerprint density at radius 2 is 1.77 bits per heavy atom. The van der Waals surface area contributed by atoms with E-state index in [0.717, 1.165) is 50.1 Å². The van der Waals surface area contributed by atoms with Gasteiger partial charge in [-0.2, -0.15) is 10.5 Å². The lowest BCUT2D eigenvalue weighted by Gasteiger charge is -2.15. The van der Waals surface area contributed by atoms with Crippen molar-refractivity contribution in [2.24, 2.45) is 5.92 Å². The summed E-state index contributed by atoms with van der Waals surface area (Å²) in [5.74, 6) is 1.43. The number of aromatic amines is 2. The lowest BCUT2D eigenvalue weighted by atomic mass is 10.0. The second-order valence-corrected chi connectivity index (χ2v) is 12.9. The Morgan fingerprint density at radius 3 is 2.39 bits per heavy atom. The first-order valence-electron chi connectivity index (χ1n) is 15.1. The summed E-state index contributed by atoms with van der Waals surface area (Å²) in [5.41, 5.74) is 4.28. The van der Waals surface area contributed by atoms with Crippen molar-refractivity contribution in [3.05, 3.63) is 81.4 Å². The second-order valence-electron chi connectivity index (χ2n) is 11.4. The number of ether oxygens (including phenoxy) is 1. The molecule has 1 unspecified atom stereocenters. The van der Waals surface area contributed by atoms with Crippen LogP contribution in [0.5, 0.6) is 5.75 Å². The number of hydrogen-bond acceptors (Lipinski definition) is 6. The molecule has 0 radical (unpaired) electrons. The van der Waals surface area contributed by atoms with E-state index in [-0.39, 0.29) is 5.92 Å².